The van der Waals surface area contributed by atoms with Crippen molar-refractivity contribution in [1.82, 2.24) is 0 Å². The van der Waals surface area contributed by atoms with E-state index >= 15 is 0 Å². The van der Waals surface area contributed by atoms with Crippen LogP contribution in [0.25, 0.3) is 0 Å². The van der Waals surface area contributed by atoms with E-state index in [4.69, 9.17) is 10.5 Å². The van der Waals surface area contributed by atoms with Crippen LogP contribution in [-0.2, 0) is 4.74 Å². The van der Waals surface area contributed by atoms with E-state index in [0.717, 1.165) is 12.8 Å². The maximum Gasteiger partial charge on any atom is 0.404 e. The summed E-state index contributed by atoms with van der Waals surface area (Å²) < 4.78 is 4.77. The third kappa shape index (κ3) is 7.38. The van der Waals surface area contributed by atoms with Crippen molar-refractivity contribution in [2.75, 3.05) is 0 Å². The maximum absolute atomic E-state index is 10.3. The number of primary amides is 1. The van der Waals surface area contributed by atoms with Gasteiger partial charge in [0.05, 0.1) is 0 Å². The Labute approximate surface area is 74.3 Å². The third-order valence-corrected chi connectivity index (χ3v) is 1.78. The molecule has 0 aromatic rings. The number of nitrogens with two attached hydrogens (primary N) is 1. The van der Waals surface area contributed by atoms with Gasteiger partial charge in [0.1, 0.15) is 6.10 Å². The highest BCUT2D eigenvalue weighted by Crippen LogP contribution is 2.07. The average Bonchev–Trinajstić information content (AvgIpc) is 1.97. The van der Waals surface area contributed by atoms with Crippen molar-refractivity contribution in [2.24, 2.45) is 5.73 Å². The molecule has 3 heteroatoms. The molecule has 0 aliphatic rings. The fourth-order valence-corrected chi connectivity index (χ4v) is 1.12. The number of carbonyl (C=O) groups excluding carboxylic acids is 1. The standard InChI is InChI=1S/C9H19NO2/c1-3-4-5-6-7-8(2)12-9(10)11/h8H,3-7H2,1-2H3,(H2,10,11)/t8-/m1/s1. The summed E-state index contributed by atoms with van der Waals surface area (Å²) in [4.78, 5) is 10.3. The molecule has 0 saturated carbocycles. The van der Waals surface area contributed by atoms with Crippen LogP contribution in [0.5, 0.6) is 0 Å². The van der Waals surface area contributed by atoms with Crippen molar-refractivity contribution >= 4 is 6.09 Å². The highest BCUT2D eigenvalue weighted by atomic mass is 16.6. The van der Waals surface area contributed by atoms with Gasteiger partial charge in [-0.05, 0) is 19.8 Å². The van der Waals surface area contributed by atoms with Crippen LogP contribution < -0.4 is 5.73 Å². The molecule has 0 aliphatic heterocycles. The lowest BCUT2D eigenvalue weighted by molar-refractivity contribution is 0.110. The molecule has 2 N–H and O–H groups in total. The van der Waals surface area contributed by atoms with Gasteiger partial charge in [-0.15, -0.1) is 0 Å². The first-order valence-corrected chi connectivity index (χ1v) is 4.63. The monoisotopic (exact) mass is 173 g/mol. The molecular weight excluding hydrogens is 154 g/mol. The molecule has 72 valence electrons. The lowest BCUT2D eigenvalue weighted by atomic mass is 10.1. The Balaban J connectivity index is 3.19. The van der Waals surface area contributed by atoms with Crippen molar-refractivity contribution in [2.45, 2.75) is 52.1 Å². The first-order chi connectivity index (χ1) is 5.66. The number of rotatable bonds is 6. The maximum atomic E-state index is 10.3. The number of amides is 1. The zero-order valence-electron chi connectivity index (χ0n) is 8.01. The highest BCUT2D eigenvalue weighted by molar-refractivity contribution is 5.64. The van der Waals surface area contributed by atoms with Crippen LogP contribution in [0, 0.1) is 0 Å². The summed E-state index contributed by atoms with van der Waals surface area (Å²) in [6, 6.07) is 0. The molecule has 0 rings (SSSR count). The molecule has 1 amide bonds. The fraction of sp³-hybridized carbons (Fsp3) is 0.889. The van der Waals surface area contributed by atoms with E-state index in [-0.39, 0.29) is 6.10 Å². The summed E-state index contributed by atoms with van der Waals surface area (Å²) in [6.07, 6.45) is 5.03. The Bertz CT molecular complexity index is 126. The Morgan fingerprint density at radius 2 is 2.08 bits per heavy atom. The summed E-state index contributed by atoms with van der Waals surface area (Å²) in [5.41, 5.74) is 4.86. The minimum atomic E-state index is -0.669. The van der Waals surface area contributed by atoms with Crippen LogP contribution in [0.4, 0.5) is 4.79 Å². The van der Waals surface area contributed by atoms with E-state index in [1.807, 2.05) is 6.92 Å². The summed E-state index contributed by atoms with van der Waals surface area (Å²) >= 11 is 0. The van der Waals surface area contributed by atoms with Crippen molar-refractivity contribution < 1.29 is 9.53 Å². The van der Waals surface area contributed by atoms with E-state index in [1.54, 1.807) is 0 Å². The van der Waals surface area contributed by atoms with Gasteiger partial charge in [-0.2, -0.15) is 0 Å². The average molecular weight is 173 g/mol. The van der Waals surface area contributed by atoms with Crippen LogP contribution in [0.15, 0.2) is 0 Å². The van der Waals surface area contributed by atoms with Gasteiger partial charge in [0, 0.05) is 0 Å². The van der Waals surface area contributed by atoms with Crippen molar-refractivity contribution in [3.05, 3.63) is 0 Å². The Kier molecular flexibility index (Phi) is 6.53. The van der Waals surface area contributed by atoms with Crippen LogP contribution in [0.2, 0.25) is 0 Å². The Hall–Kier alpha value is -0.730. The Morgan fingerprint density at radius 1 is 1.42 bits per heavy atom. The van der Waals surface area contributed by atoms with Crippen LogP contribution in [0.1, 0.15) is 46.0 Å². The number of hydrogen-bond donors (Lipinski definition) is 1. The van der Waals surface area contributed by atoms with Gasteiger partial charge < -0.3 is 10.5 Å². The molecule has 0 aromatic carbocycles. The van der Waals surface area contributed by atoms with E-state index < -0.39 is 6.09 Å². The molecular formula is C9H19NO2. The first kappa shape index (κ1) is 11.3. The van der Waals surface area contributed by atoms with Gasteiger partial charge in [-0.3, -0.25) is 0 Å². The molecule has 0 bridgehead atoms. The molecule has 0 spiro atoms. The Morgan fingerprint density at radius 3 is 2.58 bits per heavy atom. The second kappa shape index (κ2) is 6.95. The predicted molar refractivity (Wildman–Crippen MR) is 48.9 cm³/mol. The number of ether oxygens (including phenoxy) is 1. The second-order valence-electron chi connectivity index (χ2n) is 3.10. The molecule has 3 nitrogen and oxygen atoms in total. The summed E-state index contributed by atoms with van der Waals surface area (Å²) in [5.74, 6) is 0. The van der Waals surface area contributed by atoms with Gasteiger partial charge in [0.2, 0.25) is 0 Å². The number of hydrogen-bond acceptors (Lipinski definition) is 2. The highest BCUT2D eigenvalue weighted by Gasteiger charge is 2.04. The lowest BCUT2D eigenvalue weighted by Gasteiger charge is -2.10. The summed E-state index contributed by atoms with van der Waals surface area (Å²) in [5, 5.41) is 0. The summed E-state index contributed by atoms with van der Waals surface area (Å²) in [7, 11) is 0. The molecule has 0 aliphatic carbocycles. The molecule has 0 aromatic heterocycles. The van der Waals surface area contributed by atoms with Gasteiger partial charge in [0.25, 0.3) is 0 Å². The normalized spacial score (nSPS) is 12.5. The number of carbonyl (C=O) groups is 1. The largest absolute Gasteiger partial charge is 0.447 e. The quantitative estimate of drug-likeness (QED) is 0.627. The van der Waals surface area contributed by atoms with Crippen molar-refractivity contribution in [3.8, 4) is 0 Å². The molecule has 0 heterocycles. The van der Waals surface area contributed by atoms with Gasteiger partial charge in [-0.1, -0.05) is 26.2 Å². The smallest absolute Gasteiger partial charge is 0.404 e. The molecule has 0 fully saturated rings. The predicted octanol–water partition coefficient (Wildman–Crippen LogP) is 2.44. The van der Waals surface area contributed by atoms with Crippen LogP contribution in [0.3, 0.4) is 0 Å². The zero-order valence-corrected chi connectivity index (χ0v) is 8.01. The van der Waals surface area contributed by atoms with Crippen molar-refractivity contribution in [3.63, 3.8) is 0 Å². The van der Waals surface area contributed by atoms with E-state index in [2.05, 4.69) is 6.92 Å². The second-order valence-corrected chi connectivity index (χ2v) is 3.10. The zero-order chi connectivity index (χ0) is 9.40. The topological polar surface area (TPSA) is 52.3 Å². The minimum absolute atomic E-state index is 0.0284. The van der Waals surface area contributed by atoms with E-state index in [0.29, 0.717) is 0 Å². The van der Waals surface area contributed by atoms with E-state index in [1.165, 1.54) is 19.3 Å². The summed E-state index contributed by atoms with van der Waals surface area (Å²) in [6.45, 7) is 4.04. The van der Waals surface area contributed by atoms with Crippen molar-refractivity contribution in [1.29, 1.82) is 0 Å². The fourth-order valence-electron chi connectivity index (χ4n) is 1.12. The lowest BCUT2D eigenvalue weighted by Crippen LogP contribution is -2.20. The SMILES string of the molecule is CCCCCC[C@@H](C)OC(N)=O. The van der Waals surface area contributed by atoms with Gasteiger partial charge in [-0.25, -0.2) is 4.79 Å². The van der Waals surface area contributed by atoms with Gasteiger partial charge in [0.15, 0.2) is 0 Å². The first-order valence-electron chi connectivity index (χ1n) is 4.63. The van der Waals surface area contributed by atoms with E-state index in [9.17, 15) is 4.79 Å². The van der Waals surface area contributed by atoms with Gasteiger partial charge >= 0.3 is 6.09 Å². The van der Waals surface area contributed by atoms with Crippen LogP contribution >= 0.6 is 0 Å². The minimum Gasteiger partial charge on any atom is -0.447 e. The molecule has 0 radical (unpaired) electrons. The molecule has 0 saturated heterocycles. The van der Waals surface area contributed by atoms with Crippen LogP contribution in [-0.4, -0.2) is 12.2 Å². The molecule has 1 atom stereocenters. The third-order valence-electron chi connectivity index (χ3n) is 1.78. The molecule has 12 heavy (non-hydrogen) atoms. The number of unbranched alkanes of at least 4 members (excludes halogenated alkanes) is 3. The molecule has 0 unspecified atom stereocenters.